The van der Waals surface area contributed by atoms with Crippen molar-refractivity contribution in [3.05, 3.63) is 112 Å². The highest BCUT2D eigenvalue weighted by molar-refractivity contribution is 6.30. The Kier molecular flexibility index (Phi) is 7.47. The molecule has 1 saturated heterocycles. The SMILES string of the molecule is Cc1nc(-c2ccccc2)nc(N2CCCN(C(=O)c3ccc(F)cc3)CC2)c1Cc1ccc(Cl)cc1. The molecule has 0 unspecified atom stereocenters. The Balaban J connectivity index is 1.45. The smallest absolute Gasteiger partial charge is 0.253 e. The Morgan fingerprint density at radius 2 is 1.62 bits per heavy atom. The lowest BCUT2D eigenvalue weighted by atomic mass is 10.0. The number of hydrogen-bond donors (Lipinski definition) is 0. The minimum absolute atomic E-state index is 0.0768. The number of hydrogen-bond acceptors (Lipinski definition) is 4. The van der Waals surface area contributed by atoms with Crippen LogP contribution in [0.5, 0.6) is 0 Å². The van der Waals surface area contributed by atoms with Crippen LogP contribution in [0.15, 0.2) is 78.9 Å². The molecule has 0 bridgehead atoms. The maximum atomic E-state index is 13.3. The van der Waals surface area contributed by atoms with Gasteiger partial charge >= 0.3 is 0 Å². The normalized spacial score (nSPS) is 13.9. The molecule has 2 heterocycles. The fourth-order valence-electron chi connectivity index (χ4n) is 4.68. The lowest BCUT2D eigenvalue weighted by Gasteiger charge is -2.26. The molecule has 3 aromatic carbocycles. The van der Waals surface area contributed by atoms with Crippen LogP contribution >= 0.6 is 11.6 Å². The van der Waals surface area contributed by atoms with E-state index in [1.54, 1.807) is 12.1 Å². The second-order valence-electron chi connectivity index (χ2n) is 9.24. The van der Waals surface area contributed by atoms with Gasteiger partial charge in [-0.3, -0.25) is 4.79 Å². The minimum Gasteiger partial charge on any atom is -0.354 e. The van der Waals surface area contributed by atoms with Crippen molar-refractivity contribution in [2.24, 2.45) is 0 Å². The van der Waals surface area contributed by atoms with Crippen molar-refractivity contribution in [2.75, 3.05) is 31.1 Å². The van der Waals surface area contributed by atoms with Gasteiger partial charge in [-0.05, 0) is 55.3 Å². The van der Waals surface area contributed by atoms with Crippen LogP contribution in [0.4, 0.5) is 10.2 Å². The van der Waals surface area contributed by atoms with Gasteiger partial charge in [-0.1, -0.05) is 54.1 Å². The van der Waals surface area contributed by atoms with Crippen molar-refractivity contribution in [3.63, 3.8) is 0 Å². The van der Waals surface area contributed by atoms with Crippen LogP contribution in [-0.2, 0) is 6.42 Å². The van der Waals surface area contributed by atoms with Gasteiger partial charge in [0.15, 0.2) is 5.82 Å². The molecule has 1 aromatic heterocycles. The Hall–Kier alpha value is -3.77. The second-order valence-corrected chi connectivity index (χ2v) is 9.68. The first kappa shape index (κ1) is 24.9. The summed E-state index contributed by atoms with van der Waals surface area (Å²) in [5.41, 5.74) is 4.60. The third-order valence-corrected chi connectivity index (χ3v) is 6.94. The van der Waals surface area contributed by atoms with E-state index in [0.29, 0.717) is 42.5 Å². The fraction of sp³-hybridized carbons (Fsp3) is 0.233. The van der Waals surface area contributed by atoms with Gasteiger partial charge in [0.05, 0.1) is 0 Å². The van der Waals surface area contributed by atoms with E-state index in [1.807, 2.05) is 66.4 Å². The van der Waals surface area contributed by atoms with E-state index in [2.05, 4.69) is 4.90 Å². The molecule has 5 rings (SSSR count). The van der Waals surface area contributed by atoms with Gasteiger partial charge in [0.1, 0.15) is 11.6 Å². The highest BCUT2D eigenvalue weighted by Gasteiger charge is 2.24. The maximum Gasteiger partial charge on any atom is 0.253 e. The average molecular weight is 515 g/mol. The van der Waals surface area contributed by atoms with Crippen LogP contribution in [0, 0.1) is 12.7 Å². The predicted octanol–water partition coefficient (Wildman–Crippen LogP) is 6.19. The van der Waals surface area contributed by atoms with Gasteiger partial charge < -0.3 is 9.80 Å². The van der Waals surface area contributed by atoms with Crippen LogP contribution < -0.4 is 4.90 Å². The molecule has 1 aliphatic heterocycles. The van der Waals surface area contributed by atoms with E-state index in [4.69, 9.17) is 21.6 Å². The summed E-state index contributed by atoms with van der Waals surface area (Å²) in [5.74, 6) is 1.17. The van der Waals surface area contributed by atoms with Crippen molar-refractivity contribution in [3.8, 4) is 11.4 Å². The first-order chi connectivity index (χ1) is 18.0. The number of aryl methyl sites for hydroxylation is 1. The van der Waals surface area contributed by atoms with Crippen LogP contribution in [0.25, 0.3) is 11.4 Å². The lowest BCUT2D eigenvalue weighted by molar-refractivity contribution is 0.0767. The zero-order valence-electron chi connectivity index (χ0n) is 20.7. The van der Waals surface area contributed by atoms with Crippen molar-refractivity contribution in [2.45, 2.75) is 19.8 Å². The molecule has 4 aromatic rings. The van der Waals surface area contributed by atoms with Crippen molar-refractivity contribution in [1.82, 2.24) is 14.9 Å². The maximum absolute atomic E-state index is 13.3. The fourth-order valence-corrected chi connectivity index (χ4v) is 4.81. The summed E-state index contributed by atoms with van der Waals surface area (Å²) < 4.78 is 13.3. The molecule has 37 heavy (non-hydrogen) atoms. The summed E-state index contributed by atoms with van der Waals surface area (Å²) in [4.78, 5) is 27.1. The monoisotopic (exact) mass is 514 g/mol. The number of halogens is 2. The number of amides is 1. The van der Waals surface area contributed by atoms with Gasteiger partial charge in [-0.15, -0.1) is 0 Å². The van der Waals surface area contributed by atoms with Crippen molar-refractivity contribution in [1.29, 1.82) is 0 Å². The van der Waals surface area contributed by atoms with E-state index in [-0.39, 0.29) is 11.7 Å². The molecular weight excluding hydrogens is 487 g/mol. The van der Waals surface area contributed by atoms with Gasteiger partial charge in [-0.25, -0.2) is 14.4 Å². The lowest BCUT2D eigenvalue weighted by Crippen LogP contribution is -2.35. The molecule has 0 atom stereocenters. The van der Waals surface area contributed by atoms with E-state index in [9.17, 15) is 9.18 Å². The molecule has 0 spiro atoms. The first-order valence-corrected chi connectivity index (χ1v) is 12.8. The minimum atomic E-state index is -0.347. The van der Waals surface area contributed by atoms with E-state index in [0.717, 1.165) is 41.2 Å². The zero-order valence-corrected chi connectivity index (χ0v) is 21.5. The first-order valence-electron chi connectivity index (χ1n) is 12.4. The van der Waals surface area contributed by atoms with Crippen molar-refractivity contribution < 1.29 is 9.18 Å². The van der Waals surface area contributed by atoms with Crippen LogP contribution in [0.3, 0.4) is 0 Å². The summed E-state index contributed by atoms with van der Waals surface area (Å²) in [6.07, 6.45) is 1.49. The topological polar surface area (TPSA) is 49.3 Å². The summed E-state index contributed by atoms with van der Waals surface area (Å²) in [6, 6.07) is 23.6. The quantitative estimate of drug-likeness (QED) is 0.319. The molecule has 0 radical (unpaired) electrons. The molecule has 0 N–H and O–H groups in total. The summed E-state index contributed by atoms with van der Waals surface area (Å²) >= 11 is 6.11. The van der Waals surface area contributed by atoms with Gasteiger partial charge in [0.2, 0.25) is 0 Å². The number of anilines is 1. The average Bonchev–Trinajstić information content (AvgIpc) is 3.18. The number of carbonyl (C=O) groups excluding carboxylic acids is 1. The predicted molar refractivity (Wildman–Crippen MR) is 146 cm³/mol. The molecule has 7 heteroatoms. The standard InChI is InChI=1S/C30H28ClFN4O/c1-21-27(20-22-8-12-25(31)13-9-22)29(34-28(33-21)23-6-3-2-4-7-23)35-16-5-17-36(19-18-35)30(37)24-10-14-26(32)15-11-24/h2-4,6-15H,5,16-20H2,1H3. The number of aromatic nitrogens is 2. The molecule has 188 valence electrons. The Morgan fingerprint density at radius 3 is 2.35 bits per heavy atom. The molecule has 0 aliphatic carbocycles. The van der Waals surface area contributed by atoms with E-state index < -0.39 is 0 Å². The molecule has 1 aliphatic rings. The summed E-state index contributed by atoms with van der Waals surface area (Å²) in [6.45, 7) is 4.64. The largest absolute Gasteiger partial charge is 0.354 e. The van der Waals surface area contributed by atoms with E-state index >= 15 is 0 Å². The molecular formula is C30H28ClFN4O. The molecule has 1 fully saturated rings. The number of rotatable bonds is 5. The number of benzene rings is 3. The van der Waals surface area contributed by atoms with Gasteiger partial charge in [-0.2, -0.15) is 0 Å². The Morgan fingerprint density at radius 1 is 0.892 bits per heavy atom. The molecule has 0 saturated carbocycles. The summed E-state index contributed by atoms with van der Waals surface area (Å²) in [7, 11) is 0. The van der Waals surface area contributed by atoms with Gasteiger partial charge in [0.25, 0.3) is 5.91 Å². The summed E-state index contributed by atoms with van der Waals surface area (Å²) in [5, 5.41) is 0.704. The van der Waals surface area contributed by atoms with Gasteiger partial charge in [0, 0.05) is 60.0 Å². The third kappa shape index (κ3) is 5.81. The zero-order chi connectivity index (χ0) is 25.8. The highest BCUT2D eigenvalue weighted by Crippen LogP contribution is 2.29. The number of nitrogens with zero attached hydrogens (tertiary/aromatic N) is 4. The van der Waals surface area contributed by atoms with Crippen molar-refractivity contribution >= 4 is 23.3 Å². The second kappa shape index (κ2) is 11.1. The van der Waals surface area contributed by atoms with Crippen LogP contribution in [-0.4, -0.2) is 47.0 Å². The van der Waals surface area contributed by atoms with Crippen LogP contribution in [0.1, 0.15) is 33.6 Å². The molecule has 1 amide bonds. The highest BCUT2D eigenvalue weighted by atomic mass is 35.5. The van der Waals surface area contributed by atoms with E-state index in [1.165, 1.54) is 12.1 Å². The Labute approximate surface area is 221 Å². The Bertz CT molecular complexity index is 1380. The third-order valence-electron chi connectivity index (χ3n) is 6.69. The number of carbonyl (C=O) groups is 1. The van der Waals surface area contributed by atoms with Crippen LogP contribution in [0.2, 0.25) is 5.02 Å². The molecule has 5 nitrogen and oxygen atoms in total.